The zero-order chi connectivity index (χ0) is 12.0. The zero-order valence-corrected chi connectivity index (χ0v) is 11.2. The highest BCUT2D eigenvalue weighted by molar-refractivity contribution is 9.09. The van der Waals surface area contributed by atoms with Crippen LogP contribution >= 0.6 is 15.9 Å². The Morgan fingerprint density at radius 3 is 2.31 bits per heavy atom. The number of aromatic nitrogens is 2. The molecule has 0 amide bonds. The van der Waals surface area contributed by atoms with Gasteiger partial charge in [0.2, 0.25) is 5.95 Å². The van der Waals surface area contributed by atoms with Gasteiger partial charge in [0.1, 0.15) is 0 Å². The summed E-state index contributed by atoms with van der Waals surface area (Å²) in [6, 6.07) is 0.406. The molecule has 0 N–H and O–H groups in total. The topological polar surface area (TPSA) is 29.0 Å². The molecule has 16 heavy (non-hydrogen) atoms. The monoisotopic (exact) mass is 289 g/mol. The van der Waals surface area contributed by atoms with Crippen LogP contribution in [0.1, 0.15) is 26.7 Å². The maximum atomic E-state index is 12.7. The van der Waals surface area contributed by atoms with Crippen LogP contribution in [0.5, 0.6) is 0 Å². The average molecular weight is 290 g/mol. The van der Waals surface area contributed by atoms with Crippen molar-refractivity contribution in [2.75, 3.05) is 16.8 Å². The normalized spacial score (nSPS) is 10.8. The molecular formula is C11H17BrFN3. The van der Waals surface area contributed by atoms with Crippen molar-refractivity contribution in [3.8, 4) is 0 Å². The lowest BCUT2D eigenvalue weighted by molar-refractivity contribution is 0.552. The molecule has 0 aliphatic rings. The summed E-state index contributed by atoms with van der Waals surface area (Å²) < 4.78 is 12.7. The van der Waals surface area contributed by atoms with Crippen LogP contribution in [-0.2, 0) is 0 Å². The van der Waals surface area contributed by atoms with Gasteiger partial charge in [-0.1, -0.05) is 29.8 Å². The Bertz CT molecular complexity index is 301. The van der Waals surface area contributed by atoms with E-state index in [1.807, 2.05) is 0 Å². The van der Waals surface area contributed by atoms with Crippen LogP contribution in [0, 0.1) is 5.82 Å². The van der Waals surface area contributed by atoms with E-state index in [-0.39, 0.29) is 0 Å². The number of halogens is 2. The zero-order valence-electron chi connectivity index (χ0n) is 9.66. The fourth-order valence-corrected chi connectivity index (χ4v) is 2.10. The largest absolute Gasteiger partial charge is 0.337 e. The van der Waals surface area contributed by atoms with Gasteiger partial charge in [-0.05, 0) is 12.8 Å². The van der Waals surface area contributed by atoms with E-state index in [2.05, 4.69) is 44.6 Å². The second kappa shape index (κ2) is 6.78. The second-order valence-electron chi connectivity index (χ2n) is 3.55. The third kappa shape index (κ3) is 3.40. The summed E-state index contributed by atoms with van der Waals surface area (Å²) >= 11 is 3.42. The molecule has 1 heterocycles. The van der Waals surface area contributed by atoms with Gasteiger partial charge in [-0.3, -0.25) is 0 Å². The lowest BCUT2D eigenvalue weighted by atomic mass is 10.1. The van der Waals surface area contributed by atoms with E-state index < -0.39 is 5.82 Å². The summed E-state index contributed by atoms with van der Waals surface area (Å²) in [6.45, 7) is 5.11. The van der Waals surface area contributed by atoms with Gasteiger partial charge in [0.25, 0.3) is 0 Å². The van der Waals surface area contributed by atoms with Crippen LogP contribution < -0.4 is 4.90 Å². The van der Waals surface area contributed by atoms with Crippen LogP contribution in [-0.4, -0.2) is 27.9 Å². The summed E-state index contributed by atoms with van der Waals surface area (Å²) in [4.78, 5) is 10.2. The molecule has 0 radical (unpaired) electrons. The fourth-order valence-electron chi connectivity index (χ4n) is 1.72. The van der Waals surface area contributed by atoms with Crippen LogP contribution in [0.2, 0.25) is 0 Å². The molecule has 5 heteroatoms. The number of hydrogen-bond donors (Lipinski definition) is 0. The van der Waals surface area contributed by atoms with Crippen molar-refractivity contribution in [3.05, 3.63) is 18.2 Å². The number of alkyl halides is 1. The molecular weight excluding hydrogens is 273 g/mol. The Morgan fingerprint density at radius 1 is 1.31 bits per heavy atom. The smallest absolute Gasteiger partial charge is 0.225 e. The van der Waals surface area contributed by atoms with Crippen LogP contribution in [0.15, 0.2) is 12.4 Å². The van der Waals surface area contributed by atoms with Gasteiger partial charge in [0.15, 0.2) is 5.82 Å². The Kier molecular flexibility index (Phi) is 5.66. The molecule has 0 spiro atoms. The number of nitrogens with zero attached hydrogens (tertiary/aromatic N) is 3. The molecule has 0 unspecified atom stereocenters. The molecule has 0 aromatic carbocycles. The lowest BCUT2D eigenvalue weighted by Gasteiger charge is -2.29. The Morgan fingerprint density at radius 2 is 1.88 bits per heavy atom. The molecule has 0 aliphatic carbocycles. The first-order valence-corrected chi connectivity index (χ1v) is 6.65. The minimum absolute atomic E-state index is 0.396. The quantitative estimate of drug-likeness (QED) is 0.754. The van der Waals surface area contributed by atoms with E-state index in [1.54, 1.807) is 0 Å². The molecule has 0 fully saturated rings. The van der Waals surface area contributed by atoms with Crippen molar-refractivity contribution >= 4 is 21.9 Å². The molecule has 1 aromatic heterocycles. The minimum atomic E-state index is -0.396. The first-order chi connectivity index (χ1) is 7.72. The van der Waals surface area contributed by atoms with E-state index in [0.29, 0.717) is 12.0 Å². The van der Waals surface area contributed by atoms with E-state index in [4.69, 9.17) is 0 Å². The second-order valence-corrected chi connectivity index (χ2v) is 4.35. The van der Waals surface area contributed by atoms with Crippen LogP contribution in [0.3, 0.4) is 0 Å². The van der Waals surface area contributed by atoms with Gasteiger partial charge in [-0.25, -0.2) is 14.4 Å². The predicted octanol–water partition coefficient (Wildman–Crippen LogP) is 3.01. The van der Waals surface area contributed by atoms with Gasteiger partial charge in [-0.2, -0.15) is 0 Å². The molecule has 1 aromatic rings. The number of anilines is 1. The summed E-state index contributed by atoms with van der Waals surface area (Å²) in [7, 11) is 0. The molecule has 0 saturated carbocycles. The maximum absolute atomic E-state index is 12.7. The first kappa shape index (κ1) is 13.4. The summed E-state index contributed by atoms with van der Waals surface area (Å²) in [5.74, 6) is 0.210. The van der Waals surface area contributed by atoms with Crippen LogP contribution in [0.25, 0.3) is 0 Å². The van der Waals surface area contributed by atoms with Gasteiger partial charge >= 0.3 is 0 Å². The summed E-state index contributed by atoms with van der Waals surface area (Å²) in [5, 5.41) is 0.851. The Balaban J connectivity index is 2.87. The van der Waals surface area contributed by atoms with Crippen molar-refractivity contribution < 1.29 is 4.39 Å². The van der Waals surface area contributed by atoms with Gasteiger partial charge in [-0.15, -0.1) is 0 Å². The Hall–Kier alpha value is -0.710. The SMILES string of the molecule is CCC(CC)N(CCBr)c1ncc(F)cn1. The molecule has 1 rings (SSSR count). The van der Waals surface area contributed by atoms with Crippen molar-refractivity contribution in [2.45, 2.75) is 32.7 Å². The standard InChI is InChI=1S/C11H17BrFN3/c1-3-10(4-2)16(6-5-12)11-14-7-9(13)8-15-11/h7-8,10H,3-6H2,1-2H3. The highest BCUT2D eigenvalue weighted by atomic mass is 79.9. The molecule has 0 atom stereocenters. The third-order valence-corrected chi connectivity index (χ3v) is 2.93. The van der Waals surface area contributed by atoms with Gasteiger partial charge in [0, 0.05) is 17.9 Å². The van der Waals surface area contributed by atoms with E-state index in [0.717, 1.165) is 24.7 Å². The first-order valence-electron chi connectivity index (χ1n) is 5.53. The van der Waals surface area contributed by atoms with Gasteiger partial charge in [0.05, 0.1) is 12.4 Å². The Labute approximate surface area is 104 Å². The van der Waals surface area contributed by atoms with Gasteiger partial charge < -0.3 is 4.90 Å². The molecule has 0 saturated heterocycles. The van der Waals surface area contributed by atoms with Crippen molar-refractivity contribution in [1.29, 1.82) is 0 Å². The number of rotatable bonds is 6. The maximum Gasteiger partial charge on any atom is 0.225 e. The lowest BCUT2D eigenvalue weighted by Crippen LogP contribution is -2.37. The van der Waals surface area contributed by atoms with Crippen molar-refractivity contribution in [2.24, 2.45) is 0 Å². The molecule has 90 valence electrons. The fraction of sp³-hybridized carbons (Fsp3) is 0.636. The average Bonchev–Trinajstić information content (AvgIpc) is 2.31. The van der Waals surface area contributed by atoms with Crippen LogP contribution in [0.4, 0.5) is 10.3 Å². The third-order valence-electron chi connectivity index (χ3n) is 2.57. The molecule has 0 aliphatic heterocycles. The van der Waals surface area contributed by atoms with Crippen molar-refractivity contribution in [1.82, 2.24) is 9.97 Å². The van der Waals surface area contributed by atoms with E-state index in [9.17, 15) is 4.39 Å². The highest BCUT2D eigenvalue weighted by Crippen LogP contribution is 2.15. The predicted molar refractivity (Wildman–Crippen MR) is 67.5 cm³/mol. The van der Waals surface area contributed by atoms with E-state index >= 15 is 0 Å². The van der Waals surface area contributed by atoms with E-state index in [1.165, 1.54) is 12.4 Å². The number of hydrogen-bond acceptors (Lipinski definition) is 3. The minimum Gasteiger partial charge on any atom is -0.337 e. The highest BCUT2D eigenvalue weighted by Gasteiger charge is 2.17. The summed E-state index contributed by atoms with van der Waals surface area (Å²) in [5.41, 5.74) is 0. The molecule has 0 bridgehead atoms. The summed E-state index contributed by atoms with van der Waals surface area (Å²) in [6.07, 6.45) is 4.49. The van der Waals surface area contributed by atoms with Crippen molar-refractivity contribution in [3.63, 3.8) is 0 Å². The molecule has 3 nitrogen and oxygen atoms in total.